The summed E-state index contributed by atoms with van der Waals surface area (Å²) in [5, 5.41) is 0. The van der Waals surface area contributed by atoms with Crippen molar-refractivity contribution in [3.63, 3.8) is 0 Å². The van der Waals surface area contributed by atoms with E-state index in [1.54, 1.807) is 41.3 Å². The Hall–Kier alpha value is -2.06. The number of amides is 1. The minimum atomic E-state index is -3.84. The maximum atomic E-state index is 12.7. The van der Waals surface area contributed by atoms with Crippen molar-refractivity contribution in [3.05, 3.63) is 46.9 Å². The molecule has 0 saturated carbocycles. The van der Waals surface area contributed by atoms with Crippen LogP contribution in [0.3, 0.4) is 0 Å². The zero-order valence-electron chi connectivity index (χ0n) is 13.5. The first-order chi connectivity index (χ1) is 11.9. The van der Waals surface area contributed by atoms with Gasteiger partial charge in [-0.15, -0.1) is 0 Å². The summed E-state index contributed by atoms with van der Waals surface area (Å²) in [6.07, 6.45) is 1.33. The van der Waals surface area contributed by atoms with Crippen LogP contribution in [0, 0.1) is 0 Å². The fraction of sp³-hybridized carbons (Fsp3) is 0.235. The average molecular weight is 425 g/mol. The molecule has 1 heterocycles. The smallest absolute Gasteiger partial charge is 0.265 e. The zero-order chi connectivity index (χ0) is 18.0. The molecule has 1 amide bonds. The van der Waals surface area contributed by atoms with Crippen molar-refractivity contribution in [1.29, 1.82) is 0 Å². The van der Waals surface area contributed by atoms with Crippen LogP contribution in [0.15, 0.2) is 51.8 Å². The number of ether oxygens (including phenoxy) is 1. The number of hydrogen-bond donors (Lipinski definition) is 1. The highest BCUT2D eigenvalue weighted by Crippen LogP contribution is 2.30. The highest BCUT2D eigenvalue weighted by atomic mass is 79.9. The van der Waals surface area contributed by atoms with E-state index in [2.05, 4.69) is 20.7 Å². The Morgan fingerprint density at radius 1 is 1.20 bits per heavy atom. The number of carbonyl (C=O) groups excluding carboxylic acids is 1. The molecule has 1 aliphatic heterocycles. The van der Waals surface area contributed by atoms with E-state index in [0.29, 0.717) is 28.8 Å². The Morgan fingerprint density at radius 3 is 2.68 bits per heavy atom. The quantitative estimate of drug-likeness (QED) is 0.797. The molecule has 2 aromatic rings. The first-order valence-electron chi connectivity index (χ1n) is 7.67. The standard InChI is InChI=1S/C17H17BrN2O4S/c1-24-15-8-7-12(18)10-16(15)25(22,23)19-13-4-2-5-14(11-13)20-9-3-6-17(20)21/h2,4-5,7-8,10-11,19H,3,6,9H2,1H3. The SMILES string of the molecule is COc1ccc(Br)cc1S(=O)(=O)Nc1cccc(N2CCCC2=O)c1. The van der Waals surface area contributed by atoms with Crippen molar-refractivity contribution < 1.29 is 17.9 Å². The predicted octanol–water partition coefficient (Wildman–Crippen LogP) is 3.39. The number of sulfonamides is 1. The van der Waals surface area contributed by atoms with Crippen LogP contribution in [0.25, 0.3) is 0 Å². The summed E-state index contributed by atoms with van der Waals surface area (Å²) in [6.45, 7) is 0.647. The maximum Gasteiger partial charge on any atom is 0.265 e. The van der Waals surface area contributed by atoms with E-state index in [1.165, 1.54) is 13.2 Å². The van der Waals surface area contributed by atoms with E-state index < -0.39 is 10.0 Å². The average Bonchev–Trinajstić information content (AvgIpc) is 3.01. The lowest BCUT2D eigenvalue weighted by atomic mass is 10.2. The van der Waals surface area contributed by atoms with Crippen LogP contribution in [0.4, 0.5) is 11.4 Å². The van der Waals surface area contributed by atoms with Crippen LogP contribution in [-0.4, -0.2) is 28.0 Å². The molecule has 6 nitrogen and oxygen atoms in total. The molecule has 132 valence electrons. The summed E-state index contributed by atoms with van der Waals surface area (Å²) < 4.78 is 33.8. The summed E-state index contributed by atoms with van der Waals surface area (Å²) in [7, 11) is -2.42. The number of rotatable bonds is 5. The molecule has 0 aromatic heterocycles. The maximum absolute atomic E-state index is 12.7. The van der Waals surface area contributed by atoms with Gasteiger partial charge in [0.15, 0.2) is 0 Å². The lowest BCUT2D eigenvalue weighted by Crippen LogP contribution is -2.23. The molecule has 2 aromatic carbocycles. The summed E-state index contributed by atoms with van der Waals surface area (Å²) >= 11 is 3.27. The molecule has 1 N–H and O–H groups in total. The molecule has 0 spiro atoms. The van der Waals surface area contributed by atoms with Gasteiger partial charge >= 0.3 is 0 Å². The van der Waals surface area contributed by atoms with Gasteiger partial charge in [0.25, 0.3) is 10.0 Å². The van der Waals surface area contributed by atoms with Crippen LogP contribution in [0.2, 0.25) is 0 Å². The number of nitrogens with one attached hydrogen (secondary N) is 1. The highest BCUT2D eigenvalue weighted by Gasteiger charge is 2.23. The fourth-order valence-electron chi connectivity index (χ4n) is 2.73. The van der Waals surface area contributed by atoms with Gasteiger partial charge in [0.1, 0.15) is 10.6 Å². The van der Waals surface area contributed by atoms with E-state index in [9.17, 15) is 13.2 Å². The molecule has 0 atom stereocenters. The van der Waals surface area contributed by atoms with E-state index in [-0.39, 0.29) is 16.6 Å². The van der Waals surface area contributed by atoms with Crippen LogP contribution in [-0.2, 0) is 14.8 Å². The van der Waals surface area contributed by atoms with Gasteiger partial charge in [-0.2, -0.15) is 0 Å². The van der Waals surface area contributed by atoms with Crippen LogP contribution < -0.4 is 14.4 Å². The predicted molar refractivity (Wildman–Crippen MR) is 99.5 cm³/mol. The normalized spacial score (nSPS) is 14.6. The van der Waals surface area contributed by atoms with Gasteiger partial charge in [0, 0.05) is 23.1 Å². The fourth-order valence-corrected chi connectivity index (χ4v) is 4.49. The molecular formula is C17H17BrN2O4S. The third-order valence-electron chi connectivity index (χ3n) is 3.90. The highest BCUT2D eigenvalue weighted by molar-refractivity contribution is 9.10. The molecule has 0 unspecified atom stereocenters. The lowest BCUT2D eigenvalue weighted by molar-refractivity contribution is -0.117. The summed E-state index contributed by atoms with van der Waals surface area (Å²) in [6, 6.07) is 11.6. The van der Waals surface area contributed by atoms with Gasteiger partial charge in [-0.05, 0) is 42.8 Å². The van der Waals surface area contributed by atoms with Gasteiger partial charge in [-0.1, -0.05) is 22.0 Å². The van der Waals surface area contributed by atoms with Crippen molar-refractivity contribution in [1.82, 2.24) is 0 Å². The summed E-state index contributed by atoms with van der Waals surface area (Å²) in [5.74, 6) is 0.301. The second-order valence-corrected chi connectivity index (χ2v) is 8.17. The van der Waals surface area contributed by atoms with Gasteiger partial charge < -0.3 is 9.64 Å². The van der Waals surface area contributed by atoms with E-state index in [4.69, 9.17) is 4.74 Å². The van der Waals surface area contributed by atoms with Gasteiger partial charge in [0.2, 0.25) is 5.91 Å². The van der Waals surface area contributed by atoms with Gasteiger partial charge in [-0.3, -0.25) is 9.52 Å². The summed E-state index contributed by atoms with van der Waals surface area (Å²) in [4.78, 5) is 13.6. The lowest BCUT2D eigenvalue weighted by Gasteiger charge is -2.17. The Morgan fingerprint density at radius 2 is 2.00 bits per heavy atom. The molecular weight excluding hydrogens is 408 g/mol. The minimum Gasteiger partial charge on any atom is -0.495 e. The number of halogens is 1. The van der Waals surface area contributed by atoms with Crippen LogP contribution >= 0.6 is 15.9 Å². The molecule has 0 aliphatic carbocycles. The first-order valence-corrected chi connectivity index (χ1v) is 9.95. The number of hydrogen-bond acceptors (Lipinski definition) is 4. The Labute approximate surface area is 155 Å². The zero-order valence-corrected chi connectivity index (χ0v) is 15.9. The molecule has 1 saturated heterocycles. The van der Waals surface area contributed by atoms with E-state index >= 15 is 0 Å². The monoisotopic (exact) mass is 424 g/mol. The number of carbonyl (C=O) groups is 1. The topological polar surface area (TPSA) is 75.7 Å². The molecule has 3 rings (SSSR count). The van der Waals surface area contributed by atoms with Crippen molar-refractivity contribution in [2.24, 2.45) is 0 Å². The number of anilines is 2. The molecule has 8 heteroatoms. The van der Waals surface area contributed by atoms with Crippen LogP contribution in [0.5, 0.6) is 5.75 Å². The van der Waals surface area contributed by atoms with Crippen molar-refractivity contribution >= 4 is 43.2 Å². The Bertz CT molecular complexity index is 915. The van der Waals surface area contributed by atoms with Gasteiger partial charge in [-0.25, -0.2) is 8.42 Å². The third kappa shape index (κ3) is 3.80. The van der Waals surface area contributed by atoms with E-state index in [0.717, 1.165) is 6.42 Å². The second kappa shape index (κ2) is 7.05. The van der Waals surface area contributed by atoms with Crippen molar-refractivity contribution in [3.8, 4) is 5.75 Å². The summed E-state index contributed by atoms with van der Waals surface area (Å²) in [5.41, 5.74) is 1.07. The number of nitrogens with zero attached hydrogens (tertiary/aromatic N) is 1. The van der Waals surface area contributed by atoms with Gasteiger partial charge in [0.05, 0.1) is 12.8 Å². The van der Waals surface area contributed by atoms with Crippen LogP contribution in [0.1, 0.15) is 12.8 Å². The minimum absolute atomic E-state index is 0.0343. The molecule has 0 bridgehead atoms. The first kappa shape index (κ1) is 17.8. The molecule has 25 heavy (non-hydrogen) atoms. The second-order valence-electron chi connectivity index (χ2n) is 5.60. The number of benzene rings is 2. The largest absolute Gasteiger partial charge is 0.495 e. The van der Waals surface area contributed by atoms with Crippen molar-refractivity contribution in [2.45, 2.75) is 17.7 Å². The number of methoxy groups -OCH3 is 1. The molecule has 1 fully saturated rings. The Kier molecular flexibility index (Phi) is 5.01. The third-order valence-corrected chi connectivity index (χ3v) is 5.79. The molecule has 1 aliphatic rings. The van der Waals surface area contributed by atoms with Crippen molar-refractivity contribution in [2.75, 3.05) is 23.3 Å². The Balaban J connectivity index is 1.91. The molecule has 0 radical (unpaired) electrons. The van der Waals surface area contributed by atoms with E-state index in [1.807, 2.05) is 0 Å².